The van der Waals surface area contributed by atoms with E-state index in [-0.39, 0.29) is 0 Å². The van der Waals surface area contributed by atoms with E-state index < -0.39 is 0 Å². The van der Waals surface area contributed by atoms with Crippen LogP contribution >= 0.6 is 0 Å². The van der Waals surface area contributed by atoms with Crippen LogP contribution in [0.2, 0.25) is 0 Å². The van der Waals surface area contributed by atoms with E-state index in [0.29, 0.717) is 0 Å². The molecule has 0 bridgehead atoms. The maximum atomic E-state index is 3.40. The van der Waals surface area contributed by atoms with Gasteiger partial charge in [-0.05, 0) is 36.7 Å². The Morgan fingerprint density at radius 3 is 3.21 bits per heavy atom. The van der Waals surface area contributed by atoms with Gasteiger partial charge in [0.15, 0.2) is 0 Å². The number of hydrazine groups is 3. The summed E-state index contributed by atoms with van der Waals surface area (Å²) < 4.78 is 0. The van der Waals surface area contributed by atoms with Gasteiger partial charge in [0.25, 0.3) is 0 Å². The van der Waals surface area contributed by atoms with Crippen LogP contribution in [-0.4, -0.2) is 11.7 Å². The zero-order valence-corrected chi connectivity index (χ0v) is 8.01. The maximum absolute atomic E-state index is 3.40. The van der Waals surface area contributed by atoms with Gasteiger partial charge >= 0.3 is 0 Å². The fraction of sp³-hybridized carbons (Fsp3) is 0.600. The van der Waals surface area contributed by atoms with E-state index in [1.54, 1.807) is 5.57 Å². The molecule has 0 aromatic carbocycles. The summed E-state index contributed by atoms with van der Waals surface area (Å²) in [5.41, 5.74) is 14.1. The Hall–Kier alpha value is -1.00. The molecule has 0 aromatic heterocycles. The molecule has 2 atom stereocenters. The average Bonchev–Trinajstić information content (AvgIpc) is 2.77. The molecule has 4 rings (SSSR count). The molecule has 2 unspecified atom stereocenters. The number of nitrogens with zero attached hydrogens (tertiary/aromatic N) is 1. The Labute approximate surface area is 82.9 Å². The van der Waals surface area contributed by atoms with Gasteiger partial charge in [-0.1, -0.05) is 6.08 Å². The predicted octanol–water partition coefficient (Wildman–Crippen LogP) is 0.397. The minimum Gasteiger partial charge on any atom is -0.301 e. The standard InChI is InChI=1S/C10H14N4/c1-2-7-5-11-14-10-8(12-13-14)4-3-6(1)9(7)10/h4,6-7,11-13H,1-3,5H2. The summed E-state index contributed by atoms with van der Waals surface area (Å²) in [6.07, 6.45) is 6.30. The quantitative estimate of drug-likeness (QED) is 0.517. The van der Waals surface area contributed by atoms with Crippen molar-refractivity contribution in [3.8, 4) is 0 Å². The molecule has 4 aliphatic rings. The van der Waals surface area contributed by atoms with Crippen LogP contribution < -0.4 is 16.4 Å². The van der Waals surface area contributed by atoms with Crippen LogP contribution in [-0.2, 0) is 0 Å². The summed E-state index contributed by atoms with van der Waals surface area (Å²) in [7, 11) is 0. The summed E-state index contributed by atoms with van der Waals surface area (Å²) in [6, 6.07) is 0. The fourth-order valence-electron chi connectivity index (χ4n) is 3.25. The van der Waals surface area contributed by atoms with Gasteiger partial charge in [-0.2, -0.15) is 0 Å². The lowest BCUT2D eigenvalue weighted by Crippen LogP contribution is -2.49. The van der Waals surface area contributed by atoms with Crippen LogP contribution in [0.1, 0.15) is 19.3 Å². The Morgan fingerprint density at radius 1 is 1.29 bits per heavy atom. The molecule has 1 saturated heterocycles. The molecular weight excluding hydrogens is 176 g/mol. The summed E-state index contributed by atoms with van der Waals surface area (Å²) in [4.78, 5) is 0. The van der Waals surface area contributed by atoms with E-state index in [1.807, 2.05) is 0 Å². The largest absolute Gasteiger partial charge is 0.301 e. The average molecular weight is 190 g/mol. The van der Waals surface area contributed by atoms with E-state index in [1.165, 1.54) is 30.7 Å². The number of nitrogens with one attached hydrogen (secondary N) is 3. The van der Waals surface area contributed by atoms with Gasteiger partial charge in [0.2, 0.25) is 0 Å². The SMILES string of the molecule is C1=C2NNN3NCC4CCC(C1)C4=C23. The van der Waals surface area contributed by atoms with Gasteiger partial charge in [-0.3, -0.25) is 0 Å². The van der Waals surface area contributed by atoms with E-state index in [9.17, 15) is 0 Å². The van der Waals surface area contributed by atoms with Crippen LogP contribution in [0.25, 0.3) is 0 Å². The van der Waals surface area contributed by atoms with Gasteiger partial charge < -0.3 is 5.43 Å². The molecule has 14 heavy (non-hydrogen) atoms. The van der Waals surface area contributed by atoms with E-state index in [4.69, 9.17) is 0 Å². The van der Waals surface area contributed by atoms with Crippen LogP contribution in [0.4, 0.5) is 0 Å². The molecule has 0 spiro atoms. The maximum Gasteiger partial charge on any atom is 0.0960 e. The number of allylic oxidation sites excluding steroid dienone is 1. The zero-order valence-electron chi connectivity index (χ0n) is 8.01. The first-order valence-electron chi connectivity index (χ1n) is 5.43. The van der Waals surface area contributed by atoms with Crippen molar-refractivity contribution < 1.29 is 0 Å². The molecular formula is C10H14N4. The van der Waals surface area contributed by atoms with Crippen molar-refractivity contribution in [1.29, 1.82) is 0 Å². The first kappa shape index (κ1) is 7.31. The Bertz CT molecular complexity index is 357. The summed E-state index contributed by atoms with van der Waals surface area (Å²) >= 11 is 0. The molecule has 2 aliphatic carbocycles. The fourth-order valence-corrected chi connectivity index (χ4v) is 3.25. The second kappa shape index (κ2) is 2.32. The third kappa shape index (κ3) is 0.723. The molecule has 0 radical (unpaired) electrons. The molecule has 2 fully saturated rings. The van der Waals surface area contributed by atoms with Crippen LogP contribution in [0.15, 0.2) is 23.0 Å². The van der Waals surface area contributed by atoms with Gasteiger partial charge in [0.1, 0.15) is 0 Å². The second-order valence-corrected chi connectivity index (χ2v) is 4.56. The van der Waals surface area contributed by atoms with Crippen LogP contribution in [0.5, 0.6) is 0 Å². The van der Waals surface area contributed by atoms with E-state index >= 15 is 0 Å². The topological polar surface area (TPSA) is 39.3 Å². The van der Waals surface area contributed by atoms with Crippen molar-refractivity contribution in [3.05, 3.63) is 23.0 Å². The minimum absolute atomic E-state index is 0.789. The Kier molecular flexibility index (Phi) is 1.21. The van der Waals surface area contributed by atoms with Crippen LogP contribution in [0.3, 0.4) is 0 Å². The Balaban J connectivity index is 1.93. The summed E-state index contributed by atoms with van der Waals surface area (Å²) in [6.45, 7) is 1.09. The molecule has 2 aliphatic heterocycles. The van der Waals surface area contributed by atoms with Crippen molar-refractivity contribution in [2.24, 2.45) is 11.8 Å². The number of hydrogen-bond acceptors (Lipinski definition) is 4. The Morgan fingerprint density at radius 2 is 2.21 bits per heavy atom. The normalized spacial score (nSPS) is 38.3. The third-order valence-corrected chi connectivity index (χ3v) is 3.90. The molecule has 2 heterocycles. The third-order valence-electron chi connectivity index (χ3n) is 3.90. The highest BCUT2D eigenvalue weighted by atomic mass is 15.9. The molecule has 0 aromatic rings. The number of hydrogen-bond donors (Lipinski definition) is 3. The predicted molar refractivity (Wildman–Crippen MR) is 52.1 cm³/mol. The van der Waals surface area contributed by atoms with Crippen molar-refractivity contribution in [2.75, 3.05) is 6.54 Å². The highest BCUT2D eigenvalue weighted by Crippen LogP contribution is 2.46. The van der Waals surface area contributed by atoms with Gasteiger partial charge in [0, 0.05) is 6.54 Å². The molecule has 74 valence electrons. The van der Waals surface area contributed by atoms with Gasteiger partial charge in [-0.15, -0.1) is 5.53 Å². The lowest BCUT2D eigenvalue weighted by Gasteiger charge is -2.33. The van der Waals surface area contributed by atoms with Gasteiger partial charge in [0.05, 0.1) is 11.4 Å². The first-order valence-corrected chi connectivity index (χ1v) is 5.43. The molecule has 0 amide bonds. The molecule has 1 saturated carbocycles. The van der Waals surface area contributed by atoms with Gasteiger partial charge in [-0.25, -0.2) is 10.5 Å². The highest BCUT2D eigenvalue weighted by molar-refractivity contribution is 5.43. The second-order valence-electron chi connectivity index (χ2n) is 4.56. The van der Waals surface area contributed by atoms with Crippen LogP contribution in [0, 0.1) is 11.8 Å². The molecule has 4 heteroatoms. The lowest BCUT2D eigenvalue weighted by molar-refractivity contribution is 0.156. The van der Waals surface area contributed by atoms with Crippen molar-refractivity contribution in [3.63, 3.8) is 0 Å². The first-order chi connectivity index (χ1) is 6.93. The van der Waals surface area contributed by atoms with E-state index in [0.717, 1.165) is 18.4 Å². The highest BCUT2D eigenvalue weighted by Gasteiger charge is 2.42. The lowest BCUT2D eigenvalue weighted by atomic mass is 9.86. The van der Waals surface area contributed by atoms with Crippen molar-refractivity contribution in [1.82, 2.24) is 21.5 Å². The van der Waals surface area contributed by atoms with Crippen molar-refractivity contribution in [2.45, 2.75) is 19.3 Å². The molecule has 4 nitrogen and oxygen atoms in total. The number of rotatable bonds is 0. The molecule has 3 N–H and O–H groups in total. The minimum atomic E-state index is 0.789. The summed E-state index contributed by atoms with van der Waals surface area (Å²) in [5, 5.41) is 2.05. The zero-order chi connectivity index (χ0) is 9.12. The van der Waals surface area contributed by atoms with E-state index in [2.05, 4.69) is 27.6 Å². The van der Waals surface area contributed by atoms with Crippen molar-refractivity contribution >= 4 is 0 Å². The monoisotopic (exact) mass is 190 g/mol. The summed E-state index contributed by atoms with van der Waals surface area (Å²) in [5.74, 6) is 1.61. The smallest absolute Gasteiger partial charge is 0.0960 e.